The molecule has 4 heterocycles. The van der Waals surface area contributed by atoms with Crippen LogP contribution in [0.25, 0.3) is 27.8 Å². The first-order chi connectivity index (χ1) is 15.6. The molecule has 0 fully saturated rings. The highest BCUT2D eigenvalue weighted by atomic mass is 16.5. The van der Waals surface area contributed by atoms with Crippen molar-refractivity contribution < 1.29 is 13.9 Å². The summed E-state index contributed by atoms with van der Waals surface area (Å²) < 4.78 is 14.5. The highest BCUT2D eigenvalue weighted by Crippen LogP contribution is 2.34. The van der Waals surface area contributed by atoms with Crippen molar-refractivity contribution in [3.8, 4) is 28.0 Å². The predicted molar refractivity (Wildman–Crippen MR) is 119 cm³/mol. The van der Waals surface area contributed by atoms with Crippen LogP contribution in [0.5, 0.6) is 5.75 Å². The lowest BCUT2D eigenvalue weighted by Gasteiger charge is -2.09. The summed E-state index contributed by atoms with van der Waals surface area (Å²) in [6, 6.07) is 13.0. The first-order valence-electron chi connectivity index (χ1n) is 10.1. The zero-order valence-electron chi connectivity index (χ0n) is 17.6. The summed E-state index contributed by atoms with van der Waals surface area (Å²) in [7, 11) is 3.53. The summed E-state index contributed by atoms with van der Waals surface area (Å²) in [5.74, 6) is 1.25. The van der Waals surface area contributed by atoms with Crippen molar-refractivity contribution in [2.45, 2.75) is 6.54 Å². The molecule has 8 heteroatoms. The van der Waals surface area contributed by atoms with Gasteiger partial charge in [0.05, 0.1) is 32.3 Å². The molecule has 8 nitrogen and oxygen atoms in total. The van der Waals surface area contributed by atoms with Crippen LogP contribution in [-0.4, -0.2) is 32.4 Å². The van der Waals surface area contributed by atoms with Gasteiger partial charge in [-0.1, -0.05) is 12.1 Å². The number of benzene rings is 1. The number of hydrogen-bond acceptors (Lipinski definition) is 5. The number of rotatable bonds is 6. The molecule has 4 aromatic heterocycles. The third-order valence-electron chi connectivity index (χ3n) is 5.30. The van der Waals surface area contributed by atoms with Crippen LogP contribution in [0.3, 0.4) is 0 Å². The monoisotopic (exact) mass is 427 g/mol. The first kappa shape index (κ1) is 19.6. The Morgan fingerprint density at radius 3 is 2.59 bits per heavy atom. The molecular formula is C24H21N5O3. The Bertz CT molecular complexity index is 1380. The Balaban J connectivity index is 1.43. The molecule has 0 aliphatic carbocycles. The molecule has 160 valence electrons. The lowest BCUT2D eigenvalue weighted by molar-refractivity contribution is 0.0948. The second-order valence-corrected chi connectivity index (χ2v) is 7.39. The molecule has 0 bridgehead atoms. The van der Waals surface area contributed by atoms with Crippen molar-refractivity contribution in [1.29, 1.82) is 0 Å². The van der Waals surface area contributed by atoms with Gasteiger partial charge >= 0.3 is 0 Å². The minimum Gasteiger partial charge on any atom is -0.494 e. The van der Waals surface area contributed by atoms with Crippen molar-refractivity contribution in [3.05, 3.63) is 84.8 Å². The highest BCUT2D eigenvalue weighted by molar-refractivity contribution is 5.95. The molecule has 0 aliphatic heterocycles. The fourth-order valence-electron chi connectivity index (χ4n) is 3.66. The van der Waals surface area contributed by atoms with E-state index >= 15 is 0 Å². The van der Waals surface area contributed by atoms with E-state index in [-0.39, 0.29) is 5.91 Å². The number of amides is 1. The molecule has 0 saturated carbocycles. The maximum Gasteiger partial charge on any atom is 0.251 e. The molecule has 0 saturated heterocycles. The van der Waals surface area contributed by atoms with Crippen LogP contribution < -0.4 is 10.1 Å². The average molecular weight is 427 g/mol. The summed E-state index contributed by atoms with van der Waals surface area (Å²) in [6.07, 6.45) is 9.09. The number of nitrogens with zero attached hydrogens (tertiary/aromatic N) is 4. The number of furan rings is 1. The Hall–Kier alpha value is -4.33. The van der Waals surface area contributed by atoms with Crippen LogP contribution in [0.2, 0.25) is 0 Å². The number of nitrogens with one attached hydrogen (secondary N) is 1. The highest BCUT2D eigenvalue weighted by Gasteiger charge is 2.15. The van der Waals surface area contributed by atoms with E-state index in [2.05, 4.69) is 15.5 Å². The maximum atomic E-state index is 12.4. The standard InChI is InChI=1S/C24H21N5O3/c1-28-14-19(11-26-28)18-10-22(31-2)23-21(13-27-29(23)15-18)16-5-7-17(8-6-16)24(30)25-12-20-4-3-9-32-20/h3-11,13-15H,12H2,1-2H3,(H,25,30). The van der Waals surface area contributed by atoms with E-state index in [4.69, 9.17) is 9.15 Å². The van der Waals surface area contributed by atoms with Gasteiger partial charge in [-0.25, -0.2) is 4.52 Å². The van der Waals surface area contributed by atoms with E-state index in [1.165, 1.54) is 0 Å². The second-order valence-electron chi connectivity index (χ2n) is 7.39. The van der Waals surface area contributed by atoms with E-state index in [1.54, 1.807) is 53.2 Å². The molecule has 1 N–H and O–H groups in total. The molecular weight excluding hydrogens is 406 g/mol. The van der Waals surface area contributed by atoms with E-state index in [1.807, 2.05) is 43.7 Å². The molecule has 0 atom stereocenters. The summed E-state index contributed by atoms with van der Waals surface area (Å²) in [5.41, 5.74) is 5.23. The van der Waals surface area contributed by atoms with Crippen molar-refractivity contribution in [1.82, 2.24) is 24.7 Å². The molecule has 32 heavy (non-hydrogen) atoms. The Kier molecular flexibility index (Phi) is 4.95. The fourth-order valence-corrected chi connectivity index (χ4v) is 3.66. The summed E-state index contributed by atoms with van der Waals surface area (Å²) in [6.45, 7) is 0.345. The molecule has 1 aromatic carbocycles. The largest absolute Gasteiger partial charge is 0.494 e. The number of aromatic nitrogens is 4. The van der Waals surface area contributed by atoms with Crippen LogP contribution >= 0.6 is 0 Å². The summed E-state index contributed by atoms with van der Waals surface area (Å²) in [4.78, 5) is 12.4. The molecule has 5 aromatic rings. The van der Waals surface area contributed by atoms with Gasteiger partial charge in [-0.2, -0.15) is 10.2 Å². The van der Waals surface area contributed by atoms with E-state index in [0.29, 0.717) is 23.6 Å². The fraction of sp³-hybridized carbons (Fsp3) is 0.125. The van der Waals surface area contributed by atoms with Gasteiger partial charge in [0.25, 0.3) is 5.91 Å². The zero-order chi connectivity index (χ0) is 22.1. The van der Waals surface area contributed by atoms with Gasteiger partial charge in [-0.15, -0.1) is 0 Å². The Labute approximate surface area is 184 Å². The molecule has 0 radical (unpaired) electrons. The van der Waals surface area contributed by atoms with Crippen molar-refractivity contribution in [2.75, 3.05) is 7.11 Å². The number of ether oxygens (including phenoxy) is 1. The predicted octanol–water partition coefficient (Wildman–Crippen LogP) is 3.93. The minimum absolute atomic E-state index is 0.161. The second kappa shape index (κ2) is 8.07. The number of carbonyl (C=O) groups is 1. The Morgan fingerprint density at radius 1 is 1.06 bits per heavy atom. The van der Waals surface area contributed by atoms with Crippen molar-refractivity contribution in [3.63, 3.8) is 0 Å². The van der Waals surface area contributed by atoms with Gasteiger partial charge < -0.3 is 14.5 Å². The van der Waals surface area contributed by atoms with Crippen LogP contribution in [0.1, 0.15) is 16.1 Å². The average Bonchev–Trinajstić information content (AvgIpc) is 3.58. The minimum atomic E-state index is -0.161. The normalized spacial score (nSPS) is 11.1. The van der Waals surface area contributed by atoms with Crippen LogP contribution in [0, 0.1) is 0 Å². The van der Waals surface area contributed by atoms with Gasteiger partial charge in [0.2, 0.25) is 0 Å². The zero-order valence-corrected chi connectivity index (χ0v) is 17.6. The van der Waals surface area contributed by atoms with Gasteiger partial charge in [0.1, 0.15) is 17.0 Å². The lowest BCUT2D eigenvalue weighted by Crippen LogP contribution is -2.22. The number of aryl methyl sites for hydroxylation is 1. The summed E-state index contributed by atoms with van der Waals surface area (Å²) in [5, 5.41) is 11.6. The molecule has 1 amide bonds. The van der Waals surface area contributed by atoms with E-state index in [9.17, 15) is 4.79 Å². The van der Waals surface area contributed by atoms with Crippen LogP contribution in [-0.2, 0) is 13.6 Å². The number of pyridine rings is 1. The SMILES string of the molecule is COc1cc(-c2cnn(C)c2)cn2ncc(-c3ccc(C(=O)NCc4ccco4)cc3)c12. The lowest BCUT2D eigenvalue weighted by atomic mass is 10.0. The van der Waals surface area contributed by atoms with Gasteiger partial charge in [0.15, 0.2) is 0 Å². The number of fused-ring (bicyclic) bond motifs is 1. The molecule has 5 rings (SSSR count). The van der Waals surface area contributed by atoms with Gasteiger partial charge in [0, 0.05) is 41.7 Å². The first-order valence-corrected chi connectivity index (χ1v) is 10.1. The van der Waals surface area contributed by atoms with E-state index in [0.717, 1.165) is 27.8 Å². The van der Waals surface area contributed by atoms with Crippen molar-refractivity contribution in [2.24, 2.45) is 7.05 Å². The number of carbonyl (C=O) groups excluding carboxylic acids is 1. The van der Waals surface area contributed by atoms with Crippen LogP contribution in [0.4, 0.5) is 0 Å². The Morgan fingerprint density at radius 2 is 1.91 bits per heavy atom. The third kappa shape index (κ3) is 3.62. The van der Waals surface area contributed by atoms with Gasteiger partial charge in [-0.3, -0.25) is 9.48 Å². The molecule has 0 spiro atoms. The smallest absolute Gasteiger partial charge is 0.251 e. The van der Waals surface area contributed by atoms with E-state index < -0.39 is 0 Å². The molecule has 0 aliphatic rings. The van der Waals surface area contributed by atoms with Gasteiger partial charge in [-0.05, 0) is 35.9 Å². The number of hydrogen-bond donors (Lipinski definition) is 1. The maximum absolute atomic E-state index is 12.4. The summed E-state index contributed by atoms with van der Waals surface area (Å²) >= 11 is 0. The topological polar surface area (TPSA) is 86.6 Å². The molecule has 0 unspecified atom stereocenters. The third-order valence-corrected chi connectivity index (χ3v) is 5.30. The number of methoxy groups -OCH3 is 1. The van der Waals surface area contributed by atoms with Crippen molar-refractivity contribution >= 4 is 11.4 Å². The quantitative estimate of drug-likeness (QED) is 0.444. The van der Waals surface area contributed by atoms with Crippen LogP contribution in [0.15, 0.2) is 77.9 Å².